The fourth-order valence-corrected chi connectivity index (χ4v) is 8.32. The maximum Gasteiger partial charge on any atom is 0.311 e. The molecule has 4 aromatic rings. The van der Waals surface area contributed by atoms with Crippen LogP contribution in [-0.2, 0) is 14.4 Å². The summed E-state index contributed by atoms with van der Waals surface area (Å²) in [6, 6.07) is 13.1. The number of carbonyl (C=O) groups is 3. The number of aromatic hydroxyl groups is 3. The molecule has 1 heterocycles. The largest absolute Gasteiger partial charge is 0.507 e. The molecule has 3 aromatic carbocycles. The minimum atomic E-state index is -0.393. The van der Waals surface area contributed by atoms with Crippen LogP contribution in [-0.4, -0.2) is 48.2 Å². The van der Waals surface area contributed by atoms with Gasteiger partial charge in [-0.15, -0.1) is 0 Å². The number of carbonyl (C=O) groups excluding carboxylic acids is 3. The molecule has 12 heteroatoms. The van der Waals surface area contributed by atoms with Gasteiger partial charge in [0.15, 0.2) is 17.5 Å². The van der Waals surface area contributed by atoms with Gasteiger partial charge in [-0.1, -0.05) is 175 Å². The van der Waals surface area contributed by atoms with Gasteiger partial charge in [-0.05, 0) is 55.7 Å². The van der Waals surface area contributed by atoms with E-state index in [-0.39, 0.29) is 87.9 Å². The van der Waals surface area contributed by atoms with Crippen molar-refractivity contribution in [3.63, 3.8) is 0 Å². The second kappa shape index (κ2) is 33.1. The fraction of sp³-hybridized carbons (Fsp3) is 0.579. The summed E-state index contributed by atoms with van der Waals surface area (Å²) in [5.41, 5.74) is 0.505. The lowest BCUT2D eigenvalue weighted by Crippen LogP contribution is -2.08. The average Bonchev–Trinajstić information content (AvgIpc) is 3.32. The average molecular weight is 952 g/mol. The lowest BCUT2D eigenvalue weighted by atomic mass is 10.1. The van der Waals surface area contributed by atoms with E-state index in [2.05, 4.69) is 35.7 Å². The summed E-state index contributed by atoms with van der Waals surface area (Å²) >= 11 is 0. The number of nitrogens with zero attached hydrogens (tertiary/aromatic N) is 3. The summed E-state index contributed by atoms with van der Waals surface area (Å²) < 4.78 is 16.7. The molecule has 0 fully saturated rings. The highest BCUT2D eigenvalue weighted by Crippen LogP contribution is 2.38. The van der Waals surface area contributed by atoms with Gasteiger partial charge in [-0.2, -0.15) is 0 Å². The molecule has 0 aliphatic heterocycles. The third-order valence-corrected chi connectivity index (χ3v) is 12.4. The van der Waals surface area contributed by atoms with Gasteiger partial charge < -0.3 is 29.5 Å². The molecule has 0 atom stereocenters. The van der Waals surface area contributed by atoms with Crippen LogP contribution >= 0.6 is 0 Å². The van der Waals surface area contributed by atoms with Crippen molar-refractivity contribution < 1.29 is 43.9 Å². The van der Waals surface area contributed by atoms with Crippen LogP contribution in [0, 0.1) is 0 Å². The summed E-state index contributed by atoms with van der Waals surface area (Å²) in [5, 5.41) is 33.8. The highest BCUT2D eigenvalue weighted by molar-refractivity contribution is 5.78. The molecule has 1 aromatic heterocycles. The Balaban J connectivity index is 1.47. The van der Waals surface area contributed by atoms with E-state index in [0.29, 0.717) is 0 Å². The number of phenolic OH excluding ortho intramolecular Hbond substituents is 3. The van der Waals surface area contributed by atoms with Crippen LogP contribution in [0.25, 0.3) is 34.2 Å². The van der Waals surface area contributed by atoms with Crippen molar-refractivity contribution in [3.05, 3.63) is 54.6 Å². The maximum atomic E-state index is 12.7. The maximum absolute atomic E-state index is 12.7. The topological polar surface area (TPSA) is 178 Å². The molecule has 12 nitrogen and oxygen atoms in total. The van der Waals surface area contributed by atoms with Crippen molar-refractivity contribution in [2.45, 2.75) is 213 Å². The van der Waals surface area contributed by atoms with Crippen LogP contribution in [0.5, 0.6) is 34.5 Å². The number of esters is 3. The summed E-state index contributed by atoms with van der Waals surface area (Å²) in [6.07, 6.45) is 31.3. The van der Waals surface area contributed by atoms with Gasteiger partial charge >= 0.3 is 17.9 Å². The van der Waals surface area contributed by atoms with E-state index >= 15 is 0 Å². The quantitative estimate of drug-likeness (QED) is 0.0224. The highest BCUT2D eigenvalue weighted by Gasteiger charge is 2.21. The van der Waals surface area contributed by atoms with Gasteiger partial charge in [0.1, 0.15) is 34.5 Å². The number of aromatic nitrogens is 3. The second-order valence-corrected chi connectivity index (χ2v) is 18.5. The van der Waals surface area contributed by atoms with E-state index in [1.54, 1.807) is 0 Å². The molecular weight excluding hydrogens is 871 g/mol. The Morgan fingerprint density at radius 3 is 0.783 bits per heavy atom. The number of unbranched alkanes of at least 4 members (excludes halogenated alkanes) is 24. The zero-order chi connectivity index (χ0) is 49.5. The van der Waals surface area contributed by atoms with E-state index in [1.165, 1.54) is 151 Å². The third-order valence-electron chi connectivity index (χ3n) is 12.4. The van der Waals surface area contributed by atoms with Gasteiger partial charge in [-0.25, -0.2) is 15.0 Å². The van der Waals surface area contributed by atoms with Crippen LogP contribution in [0.15, 0.2) is 54.6 Å². The lowest BCUT2D eigenvalue weighted by Gasteiger charge is -2.13. The Bertz CT molecular complexity index is 1890. The van der Waals surface area contributed by atoms with Gasteiger partial charge in [0, 0.05) is 37.5 Å². The zero-order valence-electron chi connectivity index (χ0n) is 42.0. The third kappa shape index (κ3) is 21.8. The Morgan fingerprint density at radius 2 is 0.565 bits per heavy atom. The summed E-state index contributed by atoms with van der Waals surface area (Å²) in [7, 11) is 0. The van der Waals surface area contributed by atoms with Crippen LogP contribution in [0.1, 0.15) is 213 Å². The molecule has 0 spiro atoms. The zero-order valence-corrected chi connectivity index (χ0v) is 42.0. The minimum absolute atomic E-state index is 0.00759. The van der Waals surface area contributed by atoms with E-state index in [9.17, 15) is 29.7 Å². The smallest absolute Gasteiger partial charge is 0.311 e. The summed E-state index contributed by atoms with van der Waals surface area (Å²) in [6.45, 7) is 6.63. The molecule has 0 unspecified atom stereocenters. The van der Waals surface area contributed by atoms with E-state index in [4.69, 9.17) is 14.2 Å². The molecular formula is C57H81N3O9. The number of phenols is 3. The van der Waals surface area contributed by atoms with Gasteiger partial charge in [0.25, 0.3) is 0 Å². The summed E-state index contributed by atoms with van der Waals surface area (Å²) in [5.74, 6) is -1.54. The predicted molar refractivity (Wildman–Crippen MR) is 274 cm³/mol. The van der Waals surface area contributed by atoms with Crippen molar-refractivity contribution >= 4 is 17.9 Å². The van der Waals surface area contributed by atoms with Crippen molar-refractivity contribution in [2.24, 2.45) is 0 Å². The minimum Gasteiger partial charge on any atom is -0.507 e. The molecule has 0 amide bonds. The molecule has 0 saturated heterocycles. The summed E-state index contributed by atoms with van der Waals surface area (Å²) in [4.78, 5) is 52.0. The Hall–Kier alpha value is -5.52. The first kappa shape index (κ1) is 56.1. The first-order chi connectivity index (χ1) is 33.6. The van der Waals surface area contributed by atoms with Gasteiger partial charge in [0.05, 0.1) is 16.7 Å². The normalized spacial score (nSPS) is 11.2. The van der Waals surface area contributed by atoms with Gasteiger partial charge in [-0.3, -0.25) is 14.4 Å². The van der Waals surface area contributed by atoms with Crippen molar-refractivity contribution in [1.82, 2.24) is 15.0 Å². The van der Waals surface area contributed by atoms with Crippen LogP contribution < -0.4 is 14.2 Å². The molecule has 0 radical (unpaired) electrons. The van der Waals surface area contributed by atoms with Crippen LogP contribution in [0.4, 0.5) is 0 Å². The van der Waals surface area contributed by atoms with E-state index < -0.39 is 17.9 Å². The standard InChI is InChI=1S/C57H81N3O9/c1-4-7-10-13-16-19-22-25-28-31-52(64)67-43-34-37-46(49(61)40-43)55-58-56(47-38-35-44(41-50(47)62)68-53(65)32-29-26-23-20-17-14-11-8-5-2)60-57(59-55)48-39-36-45(42-51(48)63)69-54(66)33-30-27-24-21-18-15-12-9-6-3/h34-42,61-63H,4-33H2,1-3H3. The van der Waals surface area contributed by atoms with Crippen molar-refractivity contribution in [1.29, 1.82) is 0 Å². The fourth-order valence-electron chi connectivity index (χ4n) is 8.32. The molecule has 0 saturated carbocycles. The number of hydrogen-bond donors (Lipinski definition) is 3. The molecule has 69 heavy (non-hydrogen) atoms. The van der Waals surface area contributed by atoms with Crippen LogP contribution in [0.3, 0.4) is 0 Å². The van der Waals surface area contributed by atoms with Gasteiger partial charge in [0.2, 0.25) is 0 Å². The molecule has 3 N–H and O–H groups in total. The Kier molecular flexibility index (Phi) is 26.9. The van der Waals surface area contributed by atoms with E-state index in [0.717, 1.165) is 77.0 Å². The SMILES string of the molecule is CCCCCCCCCCCC(=O)Oc1ccc(-c2nc(-c3ccc(OC(=O)CCCCCCCCCCC)cc3O)nc(-c3ccc(OC(=O)CCCCCCCCCCC)cc3O)n2)c(O)c1. The molecule has 0 aliphatic carbocycles. The van der Waals surface area contributed by atoms with Crippen molar-refractivity contribution in [3.8, 4) is 68.7 Å². The highest BCUT2D eigenvalue weighted by atomic mass is 16.5. The Labute approximate surface area is 412 Å². The van der Waals surface area contributed by atoms with Crippen molar-refractivity contribution in [2.75, 3.05) is 0 Å². The molecule has 0 aliphatic rings. The molecule has 0 bridgehead atoms. The number of rotatable bonds is 36. The number of ether oxygens (including phenoxy) is 3. The lowest BCUT2D eigenvalue weighted by molar-refractivity contribution is -0.135. The number of benzene rings is 3. The molecule has 378 valence electrons. The predicted octanol–water partition coefficient (Wildman–Crippen LogP) is 15.5. The van der Waals surface area contributed by atoms with Crippen LogP contribution in [0.2, 0.25) is 0 Å². The van der Waals surface area contributed by atoms with E-state index in [1.807, 2.05) is 0 Å². The first-order valence-electron chi connectivity index (χ1n) is 26.5. The first-order valence-corrected chi connectivity index (χ1v) is 26.5. The number of hydrogen-bond acceptors (Lipinski definition) is 12. The second-order valence-electron chi connectivity index (χ2n) is 18.5. The monoisotopic (exact) mass is 952 g/mol. The Morgan fingerprint density at radius 1 is 0.348 bits per heavy atom. The molecule has 4 rings (SSSR count).